The molecule has 7 heteroatoms. The first-order valence-corrected chi connectivity index (χ1v) is 6.97. The van der Waals surface area contributed by atoms with E-state index >= 15 is 0 Å². The summed E-state index contributed by atoms with van der Waals surface area (Å²) >= 11 is 0. The van der Waals surface area contributed by atoms with E-state index in [-0.39, 0.29) is 11.6 Å². The van der Waals surface area contributed by atoms with Crippen molar-refractivity contribution in [1.82, 2.24) is 4.57 Å². The number of halogens is 3. The molecule has 2 fully saturated rings. The van der Waals surface area contributed by atoms with E-state index in [1.165, 1.54) is 4.57 Å². The van der Waals surface area contributed by atoms with Gasteiger partial charge in [0.15, 0.2) is 0 Å². The fourth-order valence-corrected chi connectivity index (χ4v) is 3.26. The average molecular weight is 303 g/mol. The highest BCUT2D eigenvalue weighted by Crippen LogP contribution is 2.46. The molecule has 0 amide bonds. The van der Waals surface area contributed by atoms with Gasteiger partial charge in [0.25, 0.3) is 0 Å². The Morgan fingerprint density at radius 1 is 1.38 bits per heavy atom. The number of hydrogen-bond acceptors (Lipinski definition) is 2. The van der Waals surface area contributed by atoms with Crippen LogP contribution in [0.3, 0.4) is 0 Å². The zero-order chi connectivity index (χ0) is 15.3. The minimum Gasteiger partial charge on any atom is -0.478 e. The molecule has 1 unspecified atom stereocenters. The minimum absolute atomic E-state index is 0.131. The Balaban J connectivity index is 1.90. The van der Waals surface area contributed by atoms with E-state index in [0.717, 1.165) is 31.7 Å². The van der Waals surface area contributed by atoms with Crippen molar-refractivity contribution >= 4 is 5.97 Å². The van der Waals surface area contributed by atoms with Gasteiger partial charge in [0.05, 0.1) is 16.7 Å². The Morgan fingerprint density at radius 3 is 2.57 bits per heavy atom. The summed E-state index contributed by atoms with van der Waals surface area (Å²) in [5.74, 6) is -1.55. The molecule has 1 aliphatic heterocycles. The number of rotatable bonds is 2. The lowest BCUT2D eigenvalue weighted by molar-refractivity contribution is -0.141. The maximum atomic E-state index is 12.9. The summed E-state index contributed by atoms with van der Waals surface area (Å²) in [7, 11) is 0. The number of carboxylic acid groups (broad SMARTS) is 1. The molecule has 1 aromatic rings. The third kappa shape index (κ3) is 2.54. The van der Waals surface area contributed by atoms with E-state index in [1.54, 1.807) is 0 Å². The van der Waals surface area contributed by atoms with Crippen LogP contribution in [0.5, 0.6) is 0 Å². The van der Waals surface area contributed by atoms with Crippen LogP contribution in [0.1, 0.15) is 54.1 Å². The van der Waals surface area contributed by atoms with Crippen LogP contribution in [0.25, 0.3) is 0 Å². The average Bonchev–Trinajstić information content (AvgIpc) is 2.82. The van der Waals surface area contributed by atoms with Gasteiger partial charge in [-0.25, -0.2) is 4.79 Å². The molecule has 1 spiro atoms. The third-order valence-corrected chi connectivity index (χ3v) is 4.54. The van der Waals surface area contributed by atoms with Crippen molar-refractivity contribution in [3.8, 4) is 0 Å². The van der Waals surface area contributed by atoms with E-state index in [2.05, 4.69) is 0 Å². The number of aromatic nitrogens is 1. The standard InChI is InChI=1S/C14H16F3NO3/c15-14(16,17)11-8-18(7-10(11)12(19)20)9-2-5-21-13(6-9)3-1-4-13/h7-9H,1-6H2,(H,19,20). The molecule has 1 aromatic heterocycles. The molecule has 0 bridgehead atoms. The van der Waals surface area contributed by atoms with Crippen molar-refractivity contribution in [2.24, 2.45) is 0 Å². The van der Waals surface area contributed by atoms with Crippen LogP contribution in [0.4, 0.5) is 13.2 Å². The molecule has 1 atom stereocenters. The Labute approximate surface area is 119 Å². The van der Waals surface area contributed by atoms with Crippen molar-refractivity contribution < 1.29 is 27.8 Å². The van der Waals surface area contributed by atoms with Gasteiger partial charge in [0.2, 0.25) is 0 Å². The molecule has 116 valence electrons. The summed E-state index contributed by atoms with van der Waals surface area (Å²) in [6, 6.07) is -0.131. The van der Waals surface area contributed by atoms with Gasteiger partial charge in [-0.1, -0.05) is 0 Å². The maximum absolute atomic E-state index is 12.9. The van der Waals surface area contributed by atoms with Gasteiger partial charge < -0.3 is 14.4 Å². The lowest BCUT2D eigenvalue weighted by Crippen LogP contribution is -2.45. The third-order valence-electron chi connectivity index (χ3n) is 4.54. The number of nitrogens with zero attached hydrogens (tertiary/aromatic N) is 1. The number of ether oxygens (including phenoxy) is 1. The quantitative estimate of drug-likeness (QED) is 0.910. The van der Waals surface area contributed by atoms with Crippen molar-refractivity contribution in [3.05, 3.63) is 23.5 Å². The highest BCUT2D eigenvalue weighted by Gasteiger charge is 2.44. The molecule has 4 nitrogen and oxygen atoms in total. The molecular formula is C14H16F3NO3. The smallest absolute Gasteiger partial charge is 0.418 e. The van der Waals surface area contributed by atoms with Gasteiger partial charge in [-0.3, -0.25) is 0 Å². The first kappa shape index (κ1) is 14.4. The lowest BCUT2D eigenvalue weighted by Gasteiger charge is -2.47. The molecular weight excluding hydrogens is 287 g/mol. The Kier molecular flexibility index (Phi) is 3.27. The van der Waals surface area contributed by atoms with E-state index in [9.17, 15) is 18.0 Å². The van der Waals surface area contributed by atoms with Crippen LogP contribution < -0.4 is 0 Å². The number of carbonyl (C=O) groups is 1. The number of hydrogen-bond donors (Lipinski definition) is 1. The molecule has 3 rings (SSSR count). The SMILES string of the molecule is O=C(O)c1cn(C2CCOC3(CCC3)C2)cc1C(F)(F)F. The lowest BCUT2D eigenvalue weighted by atomic mass is 9.74. The zero-order valence-corrected chi connectivity index (χ0v) is 11.3. The first-order chi connectivity index (χ1) is 9.81. The molecule has 1 aliphatic carbocycles. The number of carboxylic acids is 1. The molecule has 0 aromatic carbocycles. The summed E-state index contributed by atoms with van der Waals surface area (Å²) in [6.45, 7) is 0.507. The molecule has 0 radical (unpaired) electrons. The van der Waals surface area contributed by atoms with Gasteiger partial charge in [-0.05, 0) is 32.1 Å². The molecule has 2 heterocycles. The summed E-state index contributed by atoms with van der Waals surface area (Å²) in [4.78, 5) is 11.0. The number of aromatic carboxylic acids is 1. The van der Waals surface area contributed by atoms with Crippen LogP contribution in [0, 0.1) is 0 Å². The van der Waals surface area contributed by atoms with E-state index in [0.29, 0.717) is 19.4 Å². The minimum atomic E-state index is -4.65. The van der Waals surface area contributed by atoms with Crippen LogP contribution in [0.2, 0.25) is 0 Å². The Bertz CT molecular complexity index is 560. The predicted molar refractivity (Wildman–Crippen MR) is 67.2 cm³/mol. The number of alkyl halides is 3. The molecule has 21 heavy (non-hydrogen) atoms. The highest BCUT2D eigenvalue weighted by atomic mass is 19.4. The summed E-state index contributed by atoms with van der Waals surface area (Å²) in [5.41, 5.74) is -1.96. The van der Waals surface area contributed by atoms with E-state index < -0.39 is 23.3 Å². The van der Waals surface area contributed by atoms with Gasteiger partial charge >= 0.3 is 12.1 Å². The van der Waals surface area contributed by atoms with Crippen molar-refractivity contribution in [2.45, 2.75) is 49.9 Å². The van der Waals surface area contributed by atoms with E-state index in [1.807, 2.05) is 0 Å². The molecule has 2 aliphatic rings. The zero-order valence-electron chi connectivity index (χ0n) is 11.3. The maximum Gasteiger partial charge on any atom is 0.418 e. The molecule has 1 saturated heterocycles. The second-order valence-electron chi connectivity index (χ2n) is 5.87. The van der Waals surface area contributed by atoms with Crippen LogP contribution in [0.15, 0.2) is 12.4 Å². The summed E-state index contributed by atoms with van der Waals surface area (Å²) in [6.07, 6.45) is 1.57. The van der Waals surface area contributed by atoms with Crippen molar-refractivity contribution in [1.29, 1.82) is 0 Å². The second-order valence-corrected chi connectivity index (χ2v) is 5.87. The van der Waals surface area contributed by atoms with E-state index in [4.69, 9.17) is 9.84 Å². The Morgan fingerprint density at radius 2 is 2.10 bits per heavy atom. The molecule has 1 N–H and O–H groups in total. The van der Waals surface area contributed by atoms with Crippen molar-refractivity contribution in [2.75, 3.05) is 6.61 Å². The van der Waals surface area contributed by atoms with Crippen LogP contribution in [-0.4, -0.2) is 27.9 Å². The predicted octanol–water partition coefficient (Wildman–Crippen LogP) is 3.48. The van der Waals surface area contributed by atoms with Gasteiger partial charge in [-0.2, -0.15) is 13.2 Å². The first-order valence-electron chi connectivity index (χ1n) is 6.97. The fourth-order valence-electron chi connectivity index (χ4n) is 3.26. The largest absolute Gasteiger partial charge is 0.478 e. The fraction of sp³-hybridized carbons (Fsp3) is 0.643. The molecule has 1 saturated carbocycles. The summed E-state index contributed by atoms with van der Waals surface area (Å²) < 4.78 is 45.9. The normalized spacial score (nSPS) is 24.8. The topological polar surface area (TPSA) is 51.5 Å². The van der Waals surface area contributed by atoms with Gasteiger partial charge in [-0.15, -0.1) is 0 Å². The van der Waals surface area contributed by atoms with Crippen LogP contribution >= 0.6 is 0 Å². The Hall–Kier alpha value is -1.50. The highest BCUT2D eigenvalue weighted by molar-refractivity contribution is 5.89. The van der Waals surface area contributed by atoms with Crippen molar-refractivity contribution in [3.63, 3.8) is 0 Å². The van der Waals surface area contributed by atoms with Gasteiger partial charge in [0.1, 0.15) is 0 Å². The monoisotopic (exact) mass is 303 g/mol. The van der Waals surface area contributed by atoms with Crippen LogP contribution in [-0.2, 0) is 10.9 Å². The second kappa shape index (κ2) is 4.76. The van der Waals surface area contributed by atoms with Gasteiger partial charge in [0, 0.05) is 25.0 Å². The summed E-state index contributed by atoms with van der Waals surface area (Å²) in [5, 5.41) is 8.96.